The van der Waals surface area contributed by atoms with Crippen LogP contribution in [0.3, 0.4) is 0 Å². The number of aliphatic hydroxyl groups excluding tert-OH is 1. The Kier molecular flexibility index (Phi) is 5.50. The van der Waals surface area contributed by atoms with E-state index in [1.165, 1.54) is 16.7 Å². The van der Waals surface area contributed by atoms with E-state index < -0.39 is 33.3 Å². The van der Waals surface area contributed by atoms with Gasteiger partial charge in [-0.25, -0.2) is 0 Å². The molecule has 36 heavy (non-hydrogen) atoms. The van der Waals surface area contributed by atoms with Gasteiger partial charge in [-0.2, -0.15) is 0 Å². The van der Waals surface area contributed by atoms with Gasteiger partial charge in [-0.05, 0) is 36.2 Å². The maximum absolute atomic E-state index is 14.3. The van der Waals surface area contributed by atoms with Crippen molar-refractivity contribution in [3.8, 4) is 0 Å². The third-order valence-corrected chi connectivity index (χ3v) is 9.70. The molecule has 0 radical (unpaired) electrons. The second-order valence-corrected chi connectivity index (χ2v) is 11.8. The first kappa shape index (κ1) is 23.3. The second-order valence-electron chi connectivity index (χ2n) is 9.99. The summed E-state index contributed by atoms with van der Waals surface area (Å²) in [5.41, 5.74) is 0.750. The van der Waals surface area contributed by atoms with Crippen molar-refractivity contribution >= 4 is 46.0 Å². The summed E-state index contributed by atoms with van der Waals surface area (Å²) in [6.07, 6.45) is 8.54. The lowest BCUT2D eigenvalue weighted by Crippen LogP contribution is -2.54. The largest absolute Gasteiger partial charge is 0.465 e. The van der Waals surface area contributed by atoms with E-state index in [0.29, 0.717) is 13.0 Å². The molecule has 2 fully saturated rings. The van der Waals surface area contributed by atoms with Crippen LogP contribution in [0.2, 0.25) is 0 Å². The third kappa shape index (κ3) is 3.27. The zero-order valence-corrected chi connectivity index (χ0v) is 20.8. The average molecular weight is 505 g/mol. The van der Waals surface area contributed by atoms with E-state index in [9.17, 15) is 19.5 Å². The molecule has 2 amide bonds. The first-order valence-corrected chi connectivity index (χ1v) is 13.1. The summed E-state index contributed by atoms with van der Waals surface area (Å²) in [6, 6.07) is 13.0. The molecule has 4 aliphatic heterocycles. The number of fused-ring (bicyclic) bond motifs is 3. The Bertz CT molecular complexity index is 1320. The molecule has 5 atom stereocenters. The van der Waals surface area contributed by atoms with Crippen molar-refractivity contribution in [1.29, 1.82) is 0 Å². The van der Waals surface area contributed by atoms with Crippen LogP contribution in [0.15, 0.2) is 66.8 Å². The Balaban J connectivity index is 1.48. The van der Waals surface area contributed by atoms with Crippen LogP contribution < -0.4 is 4.90 Å². The smallest absolute Gasteiger partial charge is 0.311 e. The van der Waals surface area contributed by atoms with Gasteiger partial charge in [0, 0.05) is 23.5 Å². The maximum atomic E-state index is 14.3. The molecule has 2 aromatic rings. The van der Waals surface area contributed by atoms with Crippen molar-refractivity contribution in [1.82, 2.24) is 4.90 Å². The van der Waals surface area contributed by atoms with Gasteiger partial charge in [0.15, 0.2) is 0 Å². The van der Waals surface area contributed by atoms with Crippen LogP contribution in [0.1, 0.15) is 13.3 Å². The lowest BCUT2D eigenvalue weighted by molar-refractivity contribution is -0.154. The quantitative estimate of drug-likeness (QED) is 0.511. The zero-order valence-electron chi connectivity index (χ0n) is 20.0. The number of hydrogen-bond donors (Lipinski definition) is 1. The monoisotopic (exact) mass is 504 g/mol. The molecule has 0 bridgehead atoms. The number of likely N-dealkylation sites (tertiary alicyclic amines) is 1. The molecule has 1 unspecified atom stereocenters. The summed E-state index contributed by atoms with van der Waals surface area (Å²) in [5.74, 6) is -2.36. The molecule has 0 saturated carbocycles. The number of esters is 1. The Morgan fingerprint density at radius 2 is 1.83 bits per heavy atom. The Morgan fingerprint density at radius 1 is 1.03 bits per heavy atom. The van der Waals surface area contributed by atoms with Crippen molar-refractivity contribution in [2.75, 3.05) is 31.2 Å². The number of amides is 2. The normalized spacial score (nSPS) is 33.6. The van der Waals surface area contributed by atoms with Crippen molar-refractivity contribution in [2.24, 2.45) is 11.8 Å². The van der Waals surface area contributed by atoms with Gasteiger partial charge in [-0.15, -0.1) is 11.8 Å². The lowest BCUT2D eigenvalue weighted by Gasteiger charge is -2.36. The Labute approximate surface area is 213 Å². The predicted octanol–water partition coefficient (Wildman–Crippen LogP) is 2.93. The molecular weight excluding hydrogens is 476 g/mol. The van der Waals surface area contributed by atoms with E-state index in [-0.39, 0.29) is 31.6 Å². The van der Waals surface area contributed by atoms with Crippen molar-refractivity contribution in [3.63, 3.8) is 0 Å². The van der Waals surface area contributed by atoms with E-state index in [2.05, 4.69) is 0 Å². The summed E-state index contributed by atoms with van der Waals surface area (Å²) in [7, 11) is 0. The number of anilines is 1. The van der Waals surface area contributed by atoms with Crippen molar-refractivity contribution < 1.29 is 24.2 Å². The van der Waals surface area contributed by atoms with Gasteiger partial charge in [0.25, 0.3) is 5.91 Å². The molecule has 1 spiro atoms. The first-order valence-electron chi connectivity index (χ1n) is 12.3. The van der Waals surface area contributed by atoms with Gasteiger partial charge in [-0.3, -0.25) is 14.4 Å². The molecule has 2 saturated heterocycles. The minimum absolute atomic E-state index is 0.0295. The third-order valence-electron chi connectivity index (χ3n) is 7.91. The number of rotatable bonds is 3. The highest BCUT2D eigenvalue weighted by Crippen LogP contribution is 2.65. The number of cyclic esters (lactones) is 1. The van der Waals surface area contributed by atoms with Crippen molar-refractivity contribution in [2.45, 2.75) is 28.9 Å². The fraction of sp³-hybridized carbons (Fsp3) is 0.393. The number of carbonyl (C=O) groups is 3. The standard InChI is InChI=1S/C28H28N2O5S/c1-27-11-4-5-16-35-26(34)22(27)21-24(32)30(14-15-31)23-25(33)29(13-6-12-28(21,23)36-27)20-10-9-18-7-2-3-8-19(18)17-20/h2-4,6-12,17,21-23,31H,5,13-16H2,1H3/t21-,22+,23?,27-,28-/m0/s1. The van der Waals surface area contributed by atoms with Crippen LogP contribution in [0.4, 0.5) is 5.69 Å². The zero-order chi connectivity index (χ0) is 25.1. The molecule has 8 heteroatoms. The van der Waals surface area contributed by atoms with Gasteiger partial charge in [0.05, 0.1) is 29.8 Å². The first-order chi connectivity index (χ1) is 17.4. The van der Waals surface area contributed by atoms with E-state index >= 15 is 0 Å². The Hall–Kier alpha value is -3.10. The van der Waals surface area contributed by atoms with Gasteiger partial charge in [0.2, 0.25) is 5.91 Å². The molecule has 6 rings (SSSR count). The van der Waals surface area contributed by atoms with Crippen LogP contribution in [0.5, 0.6) is 0 Å². The molecule has 2 aromatic carbocycles. The predicted molar refractivity (Wildman–Crippen MR) is 138 cm³/mol. The number of hydrogen-bond acceptors (Lipinski definition) is 6. The molecule has 4 aliphatic rings. The van der Waals surface area contributed by atoms with E-state index in [4.69, 9.17) is 4.74 Å². The second kappa shape index (κ2) is 8.49. The fourth-order valence-electron chi connectivity index (χ4n) is 6.41. The highest BCUT2D eigenvalue weighted by atomic mass is 32.2. The SMILES string of the molecule is C[C@]12C=CCCOC(=O)[C@H]1[C@H]1C(=O)N(CCO)C3C(=O)N(c4ccc5ccccc5c4)CC=C[C@@]31S2. The highest BCUT2D eigenvalue weighted by Gasteiger charge is 2.73. The molecule has 1 N–H and O–H groups in total. The van der Waals surface area contributed by atoms with E-state index in [1.54, 1.807) is 4.90 Å². The fourth-order valence-corrected chi connectivity index (χ4v) is 8.57. The minimum Gasteiger partial charge on any atom is -0.465 e. The molecule has 7 nitrogen and oxygen atoms in total. The summed E-state index contributed by atoms with van der Waals surface area (Å²) in [4.78, 5) is 44.7. The summed E-state index contributed by atoms with van der Waals surface area (Å²) < 4.78 is 3.90. The van der Waals surface area contributed by atoms with Crippen LogP contribution in [-0.4, -0.2) is 69.6 Å². The van der Waals surface area contributed by atoms with E-state index in [0.717, 1.165) is 16.5 Å². The van der Waals surface area contributed by atoms with Gasteiger partial charge >= 0.3 is 5.97 Å². The Morgan fingerprint density at radius 3 is 2.64 bits per heavy atom. The molecule has 186 valence electrons. The number of nitrogens with zero attached hydrogens (tertiary/aromatic N) is 2. The van der Waals surface area contributed by atoms with Gasteiger partial charge < -0.3 is 19.6 Å². The van der Waals surface area contributed by atoms with Gasteiger partial charge in [0.1, 0.15) is 6.04 Å². The number of β-amino-alcohol motifs (C(OH)–C–C–N with tert-alkyl or cyclic N) is 1. The number of thioether (sulfide) groups is 1. The average Bonchev–Trinajstić information content (AvgIpc) is 3.17. The number of aliphatic hydroxyl groups is 1. The topological polar surface area (TPSA) is 87.1 Å². The summed E-state index contributed by atoms with van der Waals surface area (Å²) in [6.45, 7) is 2.35. The molecular formula is C28H28N2O5S. The highest BCUT2D eigenvalue weighted by molar-refractivity contribution is 8.02. The maximum Gasteiger partial charge on any atom is 0.311 e. The van der Waals surface area contributed by atoms with Gasteiger partial charge in [-0.1, -0.05) is 54.6 Å². The summed E-state index contributed by atoms with van der Waals surface area (Å²) in [5, 5.41) is 11.9. The molecule has 0 aliphatic carbocycles. The number of ether oxygens (including phenoxy) is 1. The van der Waals surface area contributed by atoms with Crippen molar-refractivity contribution in [3.05, 3.63) is 66.8 Å². The van der Waals surface area contributed by atoms with E-state index in [1.807, 2.05) is 73.7 Å². The lowest BCUT2D eigenvalue weighted by atomic mass is 9.74. The van der Waals surface area contributed by atoms with Crippen LogP contribution in [-0.2, 0) is 19.1 Å². The minimum atomic E-state index is -0.942. The summed E-state index contributed by atoms with van der Waals surface area (Å²) >= 11 is 1.51. The number of benzene rings is 2. The number of carbonyl (C=O) groups excluding carboxylic acids is 3. The van der Waals surface area contributed by atoms with Crippen LogP contribution >= 0.6 is 11.8 Å². The molecule has 4 heterocycles. The van der Waals surface area contributed by atoms with Crippen LogP contribution in [0.25, 0.3) is 10.8 Å². The molecule has 0 aromatic heterocycles. The van der Waals surface area contributed by atoms with Crippen LogP contribution in [0, 0.1) is 11.8 Å².